The van der Waals surface area contributed by atoms with Gasteiger partial charge >= 0.3 is 0 Å². The number of nitrogens with two attached hydrogens (primary N) is 1. The zero-order chi connectivity index (χ0) is 16.8. The van der Waals surface area contributed by atoms with Crippen molar-refractivity contribution >= 4 is 23.0 Å². The molecule has 0 unspecified atom stereocenters. The fourth-order valence-corrected chi connectivity index (χ4v) is 1.81. The maximum absolute atomic E-state index is 13.5. The first-order chi connectivity index (χ1) is 11.0. The summed E-state index contributed by atoms with van der Waals surface area (Å²) in [6, 6.07) is 13.6. The van der Waals surface area contributed by atoms with Gasteiger partial charge in [-0.05, 0) is 18.2 Å². The molecule has 2 aromatic rings. The number of halogens is 1. The molecule has 0 saturated heterocycles. The molecule has 0 aliphatic heterocycles. The predicted octanol–water partition coefficient (Wildman–Crippen LogP) is 2.28. The lowest BCUT2D eigenvalue weighted by atomic mass is 10.0. The molecule has 4 N–H and O–H groups in total. The maximum atomic E-state index is 13.5. The summed E-state index contributed by atoms with van der Waals surface area (Å²) in [5.74, 6) is -1.49. The number of hydrazone groups is 1. The third kappa shape index (κ3) is 3.77. The molecule has 23 heavy (non-hydrogen) atoms. The maximum Gasteiger partial charge on any atom is 0.201 e. The Morgan fingerprint density at radius 2 is 1.96 bits per heavy atom. The molecular formula is C16H12FN5O. The molecule has 0 aliphatic carbocycles. The monoisotopic (exact) mass is 309 g/mol. The van der Waals surface area contributed by atoms with Crippen molar-refractivity contribution in [3.63, 3.8) is 0 Å². The minimum Gasteiger partial charge on any atom is -0.382 e. The topological polar surface area (TPSA) is 115 Å². The average Bonchev–Trinajstić information content (AvgIpc) is 2.56. The van der Waals surface area contributed by atoms with Gasteiger partial charge in [0.2, 0.25) is 5.71 Å². The summed E-state index contributed by atoms with van der Waals surface area (Å²) in [6.07, 6.45) is 0. The Hall–Kier alpha value is -3.53. The smallest absolute Gasteiger partial charge is 0.201 e. The minimum atomic E-state index is -0.578. The Kier molecular flexibility index (Phi) is 4.79. The van der Waals surface area contributed by atoms with Gasteiger partial charge in [-0.25, -0.2) is 4.39 Å². The van der Waals surface area contributed by atoms with Crippen LogP contribution in [0.1, 0.15) is 15.9 Å². The Morgan fingerprint density at radius 3 is 2.57 bits per heavy atom. The van der Waals surface area contributed by atoms with Gasteiger partial charge in [0.1, 0.15) is 11.9 Å². The number of nitrogens with zero attached hydrogens (tertiary/aromatic N) is 2. The Morgan fingerprint density at radius 1 is 1.26 bits per heavy atom. The summed E-state index contributed by atoms with van der Waals surface area (Å²) in [4.78, 5) is 12.5. The van der Waals surface area contributed by atoms with E-state index in [1.54, 1.807) is 36.4 Å². The zero-order valence-electron chi connectivity index (χ0n) is 11.9. The highest BCUT2D eigenvalue weighted by Crippen LogP contribution is 2.21. The molecule has 7 heteroatoms. The Balaban J connectivity index is 2.41. The van der Waals surface area contributed by atoms with Crippen LogP contribution in [0.5, 0.6) is 0 Å². The van der Waals surface area contributed by atoms with E-state index < -0.39 is 17.4 Å². The number of anilines is 1. The molecule has 0 aliphatic rings. The molecule has 0 atom stereocenters. The van der Waals surface area contributed by atoms with E-state index in [0.29, 0.717) is 5.56 Å². The number of hydrogen-bond donors (Lipinski definition) is 3. The van der Waals surface area contributed by atoms with Gasteiger partial charge in [0.05, 0.1) is 11.3 Å². The van der Waals surface area contributed by atoms with Crippen LogP contribution in [-0.2, 0) is 0 Å². The van der Waals surface area contributed by atoms with Gasteiger partial charge in [-0.1, -0.05) is 30.3 Å². The zero-order valence-corrected chi connectivity index (χ0v) is 11.9. The van der Waals surface area contributed by atoms with Crippen LogP contribution in [0.15, 0.2) is 53.6 Å². The van der Waals surface area contributed by atoms with Crippen LogP contribution in [0.3, 0.4) is 0 Å². The van der Waals surface area contributed by atoms with Gasteiger partial charge in [-0.3, -0.25) is 15.6 Å². The van der Waals surface area contributed by atoms with Gasteiger partial charge in [0.15, 0.2) is 11.6 Å². The van der Waals surface area contributed by atoms with Crippen LogP contribution >= 0.6 is 0 Å². The van der Waals surface area contributed by atoms with Crippen LogP contribution < -0.4 is 11.2 Å². The number of carbonyl (C=O) groups is 1. The lowest BCUT2D eigenvalue weighted by Crippen LogP contribution is -2.22. The molecule has 0 heterocycles. The molecule has 0 spiro atoms. The highest BCUT2D eigenvalue weighted by Gasteiger charge is 2.15. The van der Waals surface area contributed by atoms with Crippen molar-refractivity contribution in [2.75, 3.05) is 5.43 Å². The van der Waals surface area contributed by atoms with Crippen LogP contribution in [-0.4, -0.2) is 17.3 Å². The first kappa shape index (κ1) is 15.9. The molecule has 0 radical (unpaired) electrons. The lowest BCUT2D eigenvalue weighted by molar-refractivity contribution is 0.103. The summed E-state index contributed by atoms with van der Waals surface area (Å²) in [5.41, 5.74) is 7.97. The van der Waals surface area contributed by atoms with Gasteiger partial charge in [-0.15, -0.1) is 0 Å². The van der Waals surface area contributed by atoms with Crippen molar-refractivity contribution in [3.05, 3.63) is 65.5 Å². The van der Waals surface area contributed by atoms with E-state index >= 15 is 0 Å². The molecule has 2 aromatic carbocycles. The van der Waals surface area contributed by atoms with Gasteiger partial charge in [0, 0.05) is 5.56 Å². The fourth-order valence-electron chi connectivity index (χ4n) is 1.81. The summed E-state index contributed by atoms with van der Waals surface area (Å²) in [7, 11) is 0. The summed E-state index contributed by atoms with van der Waals surface area (Å²) < 4.78 is 13.5. The van der Waals surface area contributed by atoms with Gasteiger partial charge in [-0.2, -0.15) is 10.4 Å². The van der Waals surface area contributed by atoms with Crippen LogP contribution in [0, 0.1) is 22.6 Å². The molecule has 114 valence electrons. The first-order valence-electron chi connectivity index (χ1n) is 6.50. The number of amidine groups is 1. The molecule has 6 nitrogen and oxygen atoms in total. The third-order valence-corrected chi connectivity index (χ3v) is 2.91. The number of nitriles is 1. The van der Waals surface area contributed by atoms with E-state index in [1.165, 1.54) is 6.07 Å². The molecule has 0 saturated carbocycles. The molecule has 2 rings (SSSR count). The number of nitrogens with one attached hydrogen (secondary N) is 2. The summed E-state index contributed by atoms with van der Waals surface area (Å²) in [6.45, 7) is 0. The van der Waals surface area contributed by atoms with E-state index in [2.05, 4.69) is 10.5 Å². The minimum absolute atomic E-state index is 0.0563. The van der Waals surface area contributed by atoms with Gasteiger partial charge in [0.25, 0.3) is 0 Å². The standard InChI is InChI=1S/C16H12FN5O/c17-11-6-7-13(21-22-14(9-18)16(19)20)12(8-11)15(23)10-4-2-1-3-5-10/h1-8,21H,(H3,19,20)/b22-14+. The Labute approximate surface area is 131 Å². The second-order valence-corrected chi connectivity index (χ2v) is 4.48. The average molecular weight is 309 g/mol. The number of ketones is 1. The largest absolute Gasteiger partial charge is 0.382 e. The molecule has 0 amide bonds. The van der Waals surface area contributed by atoms with Crippen molar-refractivity contribution in [2.24, 2.45) is 10.8 Å². The normalized spacial score (nSPS) is 10.7. The molecular weight excluding hydrogens is 297 g/mol. The summed E-state index contributed by atoms with van der Waals surface area (Å²) >= 11 is 0. The summed E-state index contributed by atoms with van der Waals surface area (Å²) in [5, 5.41) is 19.6. The van der Waals surface area contributed by atoms with Crippen molar-refractivity contribution in [1.82, 2.24) is 0 Å². The molecule has 0 fully saturated rings. The van der Waals surface area contributed by atoms with Crippen molar-refractivity contribution in [2.45, 2.75) is 0 Å². The van der Waals surface area contributed by atoms with Gasteiger partial charge < -0.3 is 5.73 Å². The Bertz CT molecular complexity index is 824. The fraction of sp³-hybridized carbons (Fsp3) is 0. The predicted molar refractivity (Wildman–Crippen MR) is 84.9 cm³/mol. The number of carbonyl (C=O) groups excluding carboxylic acids is 1. The van der Waals surface area contributed by atoms with Crippen molar-refractivity contribution in [1.29, 1.82) is 10.7 Å². The van der Waals surface area contributed by atoms with E-state index in [4.69, 9.17) is 16.4 Å². The molecule has 0 aromatic heterocycles. The van der Waals surface area contributed by atoms with Crippen molar-refractivity contribution < 1.29 is 9.18 Å². The van der Waals surface area contributed by atoms with E-state index in [0.717, 1.165) is 12.1 Å². The van der Waals surface area contributed by atoms with Crippen LogP contribution in [0.4, 0.5) is 10.1 Å². The van der Waals surface area contributed by atoms with E-state index in [9.17, 15) is 9.18 Å². The van der Waals surface area contributed by atoms with Crippen molar-refractivity contribution in [3.8, 4) is 6.07 Å². The quantitative estimate of drug-likeness (QED) is 0.340. The number of benzene rings is 2. The third-order valence-electron chi connectivity index (χ3n) is 2.91. The highest BCUT2D eigenvalue weighted by molar-refractivity contribution is 6.45. The molecule has 0 bridgehead atoms. The number of hydrogen-bond acceptors (Lipinski definition) is 5. The SMILES string of the molecule is N#C/C(=N\Nc1ccc(F)cc1C(=O)c1ccccc1)C(=N)N. The van der Waals surface area contributed by atoms with E-state index in [-0.39, 0.29) is 17.0 Å². The van der Waals surface area contributed by atoms with Crippen LogP contribution in [0.2, 0.25) is 0 Å². The lowest BCUT2D eigenvalue weighted by Gasteiger charge is -2.09. The second-order valence-electron chi connectivity index (χ2n) is 4.48. The van der Waals surface area contributed by atoms with Crippen LogP contribution in [0.25, 0.3) is 0 Å². The first-order valence-corrected chi connectivity index (χ1v) is 6.50. The highest BCUT2D eigenvalue weighted by atomic mass is 19.1. The van der Waals surface area contributed by atoms with E-state index in [1.807, 2.05) is 0 Å². The number of rotatable bonds is 5. The second kappa shape index (κ2) is 6.95.